The zero-order chi connectivity index (χ0) is 13.0. The Kier molecular flexibility index (Phi) is 4.13. The van der Waals surface area contributed by atoms with Crippen LogP contribution in [0.2, 0.25) is 0 Å². The van der Waals surface area contributed by atoms with Gasteiger partial charge in [-0.25, -0.2) is 4.39 Å². The molecule has 0 radical (unpaired) electrons. The summed E-state index contributed by atoms with van der Waals surface area (Å²) in [6.07, 6.45) is 5.21. The third-order valence-corrected chi connectivity index (χ3v) is 3.34. The van der Waals surface area contributed by atoms with E-state index in [9.17, 15) is 9.18 Å². The number of piperidine rings is 1. The van der Waals surface area contributed by atoms with Crippen LogP contribution in [0.5, 0.6) is 0 Å². The summed E-state index contributed by atoms with van der Waals surface area (Å²) in [6.45, 7) is 5.28. The molecule has 1 heterocycles. The first-order chi connectivity index (χ1) is 8.70. The number of carbonyl (C=O) groups excluding carboxylic acids is 1. The second-order valence-electron chi connectivity index (χ2n) is 4.68. The van der Waals surface area contributed by atoms with Gasteiger partial charge in [0.1, 0.15) is 5.82 Å². The van der Waals surface area contributed by atoms with Crippen molar-refractivity contribution in [1.29, 1.82) is 0 Å². The van der Waals surface area contributed by atoms with Crippen LogP contribution in [0.3, 0.4) is 0 Å². The molecule has 1 aromatic carbocycles. The van der Waals surface area contributed by atoms with Gasteiger partial charge in [0.2, 0.25) is 5.91 Å². The number of benzene rings is 1. The normalized spacial score (nSPS) is 15.5. The lowest BCUT2D eigenvalue weighted by Gasteiger charge is -2.26. The summed E-state index contributed by atoms with van der Waals surface area (Å²) < 4.78 is 13.3. The zero-order valence-corrected chi connectivity index (χ0v) is 10.5. The number of hydrogen-bond donors (Lipinski definition) is 0. The van der Waals surface area contributed by atoms with Crippen LogP contribution in [0.25, 0.3) is 6.08 Å². The average molecular weight is 247 g/mol. The highest BCUT2D eigenvalue weighted by Crippen LogP contribution is 2.15. The van der Waals surface area contributed by atoms with Crippen molar-refractivity contribution >= 4 is 12.0 Å². The van der Waals surface area contributed by atoms with Gasteiger partial charge in [0.05, 0.1) is 6.42 Å². The fraction of sp³-hybridized carbons (Fsp3) is 0.400. The molecule has 0 unspecified atom stereocenters. The first-order valence-electron chi connectivity index (χ1n) is 6.39. The van der Waals surface area contributed by atoms with E-state index < -0.39 is 0 Å². The molecule has 0 bridgehead atoms. The molecule has 1 amide bonds. The summed E-state index contributed by atoms with van der Waals surface area (Å²) in [4.78, 5) is 14.0. The lowest BCUT2D eigenvalue weighted by atomic mass is 10.1. The molecule has 3 heteroatoms. The molecule has 1 fully saturated rings. The van der Waals surface area contributed by atoms with E-state index >= 15 is 0 Å². The van der Waals surface area contributed by atoms with Crippen molar-refractivity contribution in [3.63, 3.8) is 0 Å². The van der Waals surface area contributed by atoms with Gasteiger partial charge in [0, 0.05) is 18.7 Å². The molecule has 1 aliphatic heterocycles. The fourth-order valence-corrected chi connectivity index (χ4v) is 2.29. The number of rotatable bonds is 3. The van der Waals surface area contributed by atoms with E-state index in [1.807, 2.05) is 4.90 Å². The minimum absolute atomic E-state index is 0.135. The Bertz CT molecular complexity index is 450. The molecule has 96 valence electrons. The van der Waals surface area contributed by atoms with Crippen LogP contribution in [-0.4, -0.2) is 23.9 Å². The van der Waals surface area contributed by atoms with Gasteiger partial charge in [-0.05, 0) is 37.0 Å². The van der Waals surface area contributed by atoms with Crippen molar-refractivity contribution in [2.24, 2.45) is 0 Å². The standard InChI is InChI=1S/C15H18FNO/c1-2-13-10-12(6-7-14(13)16)11-15(18)17-8-4-3-5-9-17/h2,6-7,10H,1,3-5,8-9,11H2. The van der Waals surface area contributed by atoms with E-state index in [0.717, 1.165) is 31.5 Å². The second kappa shape index (κ2) is 5.80. The minimum Gasteiger partial charge on any atom is -0.342 e. The monoisotopic (exact) mass is 247 g/mol. The maximum Gasteiger partial charge on any atom is 0.226 e. The summed E-state index contributed by atoms with van der Waals surface area (Å²) >= 11 is 0. The van der Waals surface area contributed by atoms with Gasteiger partial charge in [0.15, 0.2) is 0 Å². The van der Waals surface area contributed by atoms with E-state index in [1.165, 1.54) is 18.6 Å². The molecule has 0 atom stereocenters. The highest BCUT2D eigenvalue weighted by atomic mass is 19.1. The van der Waals surface area contributed by atoms with Crippen LogP contribution < -0.4 is 0 Å². The summed E-state index contributed by atoms with van der Waals surface area (Å²) in [5, 5.41) is 0. The largest absolute Gasteiger partial charge is 0.342 e. The van der Waals surface area contributed by atoms with Gasteiger partial charge in [-0.2, -0.15) is 0 Å². The van der Waals surface area contributed by atoms with Gasteiger partial charge >= 0.3 is 0 Å². The molecule has 2 nitrogen and oxygen atoms in total. The Hall–Kier alpha value is -1.64. The molecule has 18 heavy (non-hydrogen) atoms. The second-order valence-corrected chi connectivity index (χ2v) is 4.68. The van der Waals surface area contributed by atoms with Crippen LogP contribution in [0.1, 0.15) is 30.4 Å². The molecule has 0 saturated carbocycles. The topological polar surface area (TPSA) is 20.3 Å². The Morgan fingerprint density at radius 3 is 2.72 bits per heavy atom. The third-order valence-electron chi connectivity index (χ3n) is 3.34. The number of likely N-dealkylation sites (tertiary alicyclic amines) is 1. The zero-order valence-electron chi connectivity index (χ0n) is 10.5. The van der Waals surface area contributed by atoms with Crippen LogP contribution in [0.4, 0.5) is 4.39 Å². The molecule has 1 aliphatic rings. The van der Waals surface area contributed by atoms with Crippen LogP contribution in [-0.2, 0) is 11.2 Å². The fourth-order valence-electron chi connectivity index (χ4n) is 2.29. The van der Waals surface area contributed by atoms with Gasteiger partial charge in [0.25, 0.3) is 0 Å². The first-order valence-corrected chi connectivity index (χ1v) is 6.39. The van der Waals surface area contributed by atoms with E-state index in [-0.39, 0.29) is 11.7 Å². The molecule has 1 saturated heterocycles. The van der Waals surface area contributed by atoms with Gasteiger partial charge in [-0.1, -0.05) is 18.7 Å². The van der Waals surface area contributed by atoms with Crippen molar-refractivity contribution in [3.8, 4) is 0 Å². The van der Waals surface area contributed by atoms with Crippen LogP contribution in [0, 0.1) is 5.82 Å². The predicted octanol–water partition coefficient (Wildman–Crippen LogP) is 3.02. The summed E-state index contributed by atoms with van der Waals surface area (Å²) in [5.41, 5.74) is 1.31. The minimum atomic E-state index is -0.292. The number of nitrogens with zero attached hydrogens (tertiary/aromatic N) is 1. The molecular formula is C15H18FNO. The lowest BCUT2D eigenvalue weighted by molar-refractivity contribution is -0.131. The Labute approximate surface area is 107 Å². The van der Waals surface area contributed by atoms with Gasteiger partial charge in [-0.15, -0.1) is 0 Å². The molecule has 1 aromatic rings. The van der Waals surface area contributed by atoms with Crippen molar-refractivity contribution < 1.29 is 9.18 Å². The maximum absolute atomic E-state index is 13.3. The molecule has 0 N–H and O–H groups in total. The summed E-state index contributed by atoms with van der Waals surface area (Å²) in [6, 6.07) is 4.77. The molecule has 0 aromatic heterocycles. The average Bonchev–Trinajstić information content (AvgIpc) is 2.42. The predicted molar refractivity (Wildman–Crippen MR) is 70.6 cm³/mol. The lowest BCUT2D eigenvalue weighted by Crippen LogP contribution is -2.36. The first kappa shape index (κ1) is 12.8. The van der Waals surface area contributed by atoms with Gasteiger partial charge < -0.3 is 4.90 Å². The highest BCUT2D eigenvalue weighted by molar-refractivity contribution is 5.79. The Balaban J connectivity index is 2.04. The highest BCUT2D eigenvalue weighted by Gasteiger charge is 2.16. The number of hydrogen-bond acceptors (Lipinski definition) is 1. The molecule has 0 spiro atoms. The Morgan fingerprint density at radius 2 is 2.06 bits per heavy atom. The number of carbonyl (C=O) groups is 1. The smallest absolute Gasteiger partial charge is 0.226 e. The van der Waals surface area contributed by atoms with E-state index in [2.05, 4.69) is 6.58 Å². The van der Waals surface area contributed by atoms with Crippen molar-refractivity contribution in [2.75, 3.05) is 13.1 Å². The Morgan fingerprint density at radius 1 is 1.33 bits per heavy atom. The quantitative estimate of drug-likeness (QED) is 0.804. The number of halogens is 1. The third kappa shape index (κ3) is 2.97. The van der Waals surface area contributed by atoms with Crippen LogP contribution in [0.15, 0.2) is 24.8 Å². The van der Waals surface area contributed by atoms with E-state index in [1.54, 1.807) is 12.1 Å². The molecule has 2 rings (SSSR count). The van der Waals surface area contributed by atoms with E-state index in [4.69, 9.17) is 0 Å². The van der Waals surface area contributed by atoms with Crippen molar-refractivity contribution in [2.45, 2.75) is 25.7 Å². The van der Waals surface area contributed by atoms with E-state index in [0.29, 0.717) is 12.0 Å². The van der Waals surface area contributed by atoms with Gasteiger partial charge in [-0.3, -0.25) is 4.79 Å². The SMILES string of the molecule is C=Cc1cc(CC(=O)N2CCCCC2)ccc1F. The summed E-state index contributed by atoms with van der Waals surface area (Å²) in [7, 11) is 0. The maximum atomic E-state index is 13.3. The van der Waals surface area contributed by atoms with Crippen molar-refractivity contribution in [3.05, 3.63) is 41.7 Å². The summed E-state index contributed by atoms with van der Waals surface area (Å²) in [5.74, 6) is -0.157. The van der Waals surface area contributed by atoms with Crippen molar-refractivity contribution in [1.82, 2.24) is 4.90 Å². The molecular weight excluding hydrogens is 229 g/mol. The molecule has 0 aliphatic carbocycles. The number of amides is 1. The van der Waals surface area contributed by atoms with Crippen LogP contribution >= 0.6 is 0 Å².